The molecule has 0 fully saturated rings. The fraction of sp³-hybridized carbons (Fsp3) is 0.125. The number of anilines is 1. The van der Waals surface area contributed by atoms with Crippen LogP contribution in [0.25, 0.3) is 11.4 Å². The van der Waals surface area contributed by atoms with Crippen molar-refractivity contribution in [3.05, 3.63) is 45.3 Å². The van der Waals surface area contributed by atoms with Crippen molar-refractivity contribution in [2.24, 2.45) is 7.05 Å². The van der Waals surface area contributed by atoms with Crippen molar-refractivity contribution >= 4 is 57.2 Å². The van der Waals surface area contributed by atoms with Crippen LogP contribution in [0.5, 0.6) is 0 Å². The predicted molar refractivity (Wildman–Crippen MR) is 105 cm³/mol. The highest BCUT2D eigenvalue weighted by Crippen LogP contribution is 2.29. The number of nitriles is 1. The Bertz CT molecular complexity index is 1010. The number of thioether (sulfide) groups is 1. The molecule has 0 bridgehead atoms. The summed E-state index contributed by atoms with van der Waals surface area (Å²) in [5, 5.41) is 23.8. The molecule has 1 N–H and O–H groups in total. The molecule has 3 rings (SSSR count). The van der Waals surface area contributed by atoms with E-state index in [9.17, 15) is 4.79 Å². The number of carbonyl (C=O) groups excluding carboxylic acids is 1. The van der Waals surface area contributed by atoms with E-state index in [0.717, 1.165) is 5.56 Å². The minimum atomic E-state index is -0.215. The third-order valence-corrected chi connectivity index (χ3v) is 5.97. The molecule has 132 valence electrons. The first-order valence-electron chi connectivity index (χ1n) is 7.24. The van der Waals surface area contributed by atoms with Crippen molar-refractivity contribution in [1.29, 1.82) is 5.26 Å². The Hall–Kier alpha value is -2.05. The maximum atomic E-state index is 12.1. The van der Waals surface area contributed by atoms with Gasteiger partial charge in [0.1, 0.15) is 11.1 Å². The van der Waals surface area contributed by atoms with E-state index in [1.807, 2.05) is 13.1 Å². The highest BCUT2D eigenvalue weighted by Gasteiger charge is 2.15. The molecule has 2 heterocycles. The lowest BCUT2D eigenvalue weighted by molar-refractivity contribution is -0.113. The van der Waals surface area contributed by atoms with Gasteiger partial charge in [0.15, 0.2) is 11.0 Å². The SMILES string of the molecule is Cn1c(SCC(=O)Nc2sccc2C#N)nnc1-c1ccc(Cl)c(Cl)c1. The number of nitrogens with zero attached hydrogens (tertiary/aromatic N) is 4. The normalized spacial score (nSPS) is 10.5. The van der Waals surface area contributed by atoms with Crippen molar-refractivity contribution in [3.8, 4) is 17.5 Å². The number of carbonyl (C=O) groups is 1. The molecule has 0 saturated heterocycles. The van der Waals surface area contributed by atoms with Crippen LogP contribution in [0.15, 0.2) is 34.8 Å². The molecule has 6 nitrogen and oxygen atoms in total. The number of aromatic nitrogens is 3. The zero-order valence-corrected chi connectivity index (χ0v) is 16.5. The average molecular weight is 424 g/mol. The molecule has 10 heteroatoms. The van der Waals surface area contributed by atoms with Crippen LogP contribution in [0.3, 0.4) is 0 Å². The van der Waals surface area contributed by atoms with Gasteiger partial charge in [-0.25, -0.2) is 0 Å². The van der Waals surface area contributed by atoms with Gasteiger partial charge in [-0.1, -0.05) is 35.0 Å². The Labute approximate surface area is 167 Å². The van der Waals surface area contributed by atoms with Gasteiger partial charge in [0, 0.05) is 12.6 Å². The second kappa shape index (κ2) is 8.10. The Kier molecular flexibility index (Phi) is 5.84. The maximum absolute atomic E-state index is 12.1. The van der Waals surface area contributed by atoms with Gasteiger partial charge in [-0.15, -0.1) is 21.5 Å². The molecule has 3 aromatic rings. The summed E-state index contributed by atoms with van der Waals surface area (Å²) in [6.45, 7) is 0. The van der Waals surface area contributed by atoms with Crippen LogP contribution < -0.4 is 5.32 Å². The minimum absolute atomic E-state index is 0.149. The van der Waals surface area contributed by atoms with Gasteiger partial charge in [-0.05, 0) is 29.6 Å². The monoisotopic (exact) mass is 423 g/mol. The van der Waals surface area contributed by atoms with E-state index in [1.54, 1.807) is 34.2 Å². The van der Waals surface area contributed by atoms with Crippen molar-refractivity contribution in [3.63, 3.8) is 0 Å². The first kappa shape index (κ1) is 18.7. The largest absolute Gasteiger partial charge is 0.316 e. The van der Waals surface area contributed by atoms with Gasteiger partial charge >= 0.3 is 0 Å². The first-order valence-corrected chi connectivity index (χ1v) is 9.86. The van der Waals surface area contributed by atoms with Crippen molar-refractivity contribution in [2.75, 3.05) is 11.1 Å². The summed E-state index contributed by atoms with van der Waals surface area (Å²) in [6, 6.07) is 8.92. The highest BCUT2D eigenvalue weighted by atomic mass is 35.5. The summed E-state index contributed by atoms with van der Waals surface area (Å²) in [7, 11) is 1.81. The number of hydrogen-bond donors (Lipinski definition) is 1. The Morgan fingerprint density at radius 3 is 2.88 bits per heavy atom. The van der Waals surface area contributed by atoms with E-state index in [1.165, 1.54) is 23.1 Å². The summed E-state index contributed by atoms with van der Waals surface area (Å²) in [5.74, 6) is 0.556. The molecule has 0 saturated carbocycles. The topological polar surface area (TPSA) is 83.6 Å². The molecule has 1 aromatic carbocycles. The quantitative estimate of drug-likeness (QED) is 0.612. The molecule has 1 amide bonds. The highest BCUT2D eigenvalue weighted by molar-refractivity contribution is 7.99. The smallest absolute Gasteiger partial charge is 0.235 e. The lowest BCUT2D eigenvalue weighted by Gasteiger charge is -2.05. The Morgan fingerprint density at radius 1 is 1.35 bits per heavy atom. The predicted octanol–water partition coefficient (Wildman–Crippen LogP) is 4.45. The van der Waals surface area contributed by atoms with Crippen LogP contribution in [0.1, 0.15) is 5.56 Å². The molecule has 0 unspecified atom stereocenters. The van der Waals surface area contributed by atoms with Crippen molar-refractivity contribution in [1.82, 2.24) is 14.8 Å². The van der Waals surface area contributed by atoms with Gasteiger partial charge in [0.05, 0.1) is 21.4 Å². The number of nitrogens with one attached hydrogen (secondary N) is 1. The summed E-state index contributed by atoms with van der Waals surface area (Å²) in [4.78, 5) is 12.1. The summed E-state index contributed by atoms with van der Waals surface area (Å²) in [6.07, 6.45) is 0. The average Bonchev–Trinajstić information content (AvgIpc) is 3.22. The number of benzene rings is 1. The summed E-state index contributed by atoms with van der Waals surface area (Å²) >= 11 is 14.5. The minimum Gasteiger partial charge on any atom is -0.316 e. The van der Waals surface area contributed by atoms with Crippen LogP contribution in [-0.2, 0) is 11.8 Å². The number of thiophene rings is 1. The number of amides is 1. The zero-order valence-electron chi connectivity index (χ0n) is 13.4. The molecular weight excluding hydrogens is 413 g/mol. The van der Waals surface area contributed by atoms with Gasteiger partial charge in [0.25, 0.3) is 0 Å². The van der Waals surface area contributed by atoms with Crippen LogP contribution >= 0.6 is 46.3 Å². The van der Waals surface area contributed by atoms with E-state index in [0.29, 0.717) is 31.6 Å². The molecule has 0 aliphatic carbocycles. The van der Waals surface area contributed by atoms with Gasteiger partial charge in [0.2, 0.25) is 5.91 Å². The number of rotatable bonds is 5. The first-order chi connectivity index (χ1) is 12.5. The third kappa shape index (κ3) is 4.02. The summed E-state index contributed by atoms with van der Waals surface area (Å²) < 4.78 is 1.78. The van der Waals surface area contributed by atoms with Crippen molar-refractivity contribution < 1.29 is 4.79 Å². The van der Waals surface area contributed by atoms with Gasteiger partial charge in [-0.3, -0.25) is 4.79 Å². The van der Waals surface area contributed by atoms with Gasteiger partial charge < -0.3 is 9.88 Å². The van der Waals surface area contributed by atoms with Crippen LogP contribution in [-0.4, -0.2) is 26.4 Å². The molecule has 0 atom stereocenters. The third-order valence-electron chi connectivity index (χ3n) is 3.38. The molecule has 26 heavy (non-hydrogen) atoms. The molecule has 0 spiro atoms. The fourth-order valence-electron chi connectivity index (χ4n) is 2.11. The van der Waals surface area contributed by atoms with Crippen LogP contribution in [0.2, 0.25) is 10.0 Å². The summed E-state index contributed by atoms with van der Waals surface area (Å²) in [5.41, 5.74) is 1.23. The number of hydrogen-bond acceptors (Lipinski definition) is 6. The van der Waals surface area contributed by atoms with Gasteiger partial charge in [-0.2, -0.15) is 5.26 Å². The lowest BCUT2D eigenvalue weighted by Crippen LogP contribution is -2.14. The standard InChI is InChI=1S/C16H11Cl2N5OS2/c1-23-14(9-2-3-11(17)12(18)6-9)21-22-16(23)26-8-13(24)20-15-10(7-19)4-5-25-15/h2-6H,8H2,1H3,(H,20,24). The molecular formula is C16H11Cl2N5OS2. The van der Waals surface area contributed by atoms with Crippen molar-refractivity contribution in [2.45, 2.75) is 5.16 Å². The zero-order chi connectivity index (χ0) is 18.7. The van der Waals surface area contributed by atoms with Crippen LogP contribution in [0, 0.1) is 11.3 Å². The van der Waals surface area contributed by atoms with E-state index >= 15 is 0 Å². The van der Waals surface area contributed by atoms with Crippen LogP contribution in [0.4, 0.5) is 5.00 Å². The fourth-order valence-corrected chi connectivity index (χ4v) is 3.88. The van der Waals surface area contributed by atoms with E-state index in [4.69, 9.17) is 28.5 Å². The Balaban J connectivity index is 1.68. The molecule has 2 aromatic heterocycles. The molecule has 0 radical (unpaired) electrons. The number of halogens is 2. The molecule has 0 aliphatic rings. The maximum Gasteiger partial charge on any atom is 0.235 e. The Morgan fingerprint density at radius 2 is 2.15 bits per heavy atom. The second-order valence-electron chi connectivity index (χ2n) is 5.11. The second-order valence-corrected chi connectivity index (χ2v) is 7.78. The van der Waals surface area contributed by atoms with E-state index in [-0.39, 0.29) is 11.7 Å². The lowest BCUT2D eigenvalue weighted by atomic mass is 10.2. The van der Waals surface area contributed by atoms with E-state index < -0.39 is 0 Å². The molecule has 0 aliphatic heterocycles. The van der Waals surface area contributed by atoms with E-state index in [2.05, 4.69) is 15.5 Å².